The fraction of sp³-hybridized carbons (Fsp3) is 1.00. The molecule has 2 aliphatic heterocycles. The summed E-state index contributed by atoms with van der Waals surface area (Å²) in [4.78, 5) is 0. The van der Waals surface area contributed by atoms with Crippen molar-refractivity contribution in [3.63, 3.8) is 0 Å². The van der Waals surface area contributed by atoms with Gasteiger partial charge in [0.1, 0.15) is 0 Å². The van der Waals surface area contributed by atoms with E-state index in [0.29, 0.717) is 12.2 Å². The van der Waals surface area contributed by atoms with Crippen LogP contribution in [0.1, 0.15) is 26.2 Å². The minimum atomic E-state index is 0.607. The van der Waals surface area contributed by atoms with E-state index in [1.165, 1.54) is 19.3 Å². The van der Waals surface area contributed by atoms with Gasteiger partial charge in [0.15, 0.2) is 0 Å². The Labute approximate surface area is 75.7 Å². The Balaban J connectivity index is 2.02. The number of alkyl halides is 1. The van der Waals surface area contributed by atoms with Gasteiger partial charge in [-0.1, -0.05) is 35.9 Å². The van der Waals surface area contributed by atoms with E-state index >= 15 is 0 Å². The Morgan fingerprint density at radius 2 is 2.20 bits per heavy atom. The summed E-state index contributed by atoms with van der Waals surface area (Å²) in [6.45, 7) is 2.27. The first-order chi connectivity index (χ1) is 4.81. The lowest BCUT2D eigenvalue weighted by Crippen LogP contribution is -2.22. The minimum Gasteiger partial charge on any atom is -0.374 e. The Bertz CT molecular complexity index is 135. The van der Waals surface area contributed by atoms with Crippen LogP contribution in [-0.4, -0.2) is 16.1 Å². The predicted molar refractivity (Wildman–Crippen MR) is 49.5 cm³/mol. The minimum absolute atomic E-state index is 0.607. The highest BCUT2D eigenvalue weighted by molar-refractivity contribution is 14.1. The van der Waals surface area contributed by atoms with E-state index in [-0.39, 0.29) is 0 Å². The monoisotopic (exact) mass is 252 g/mol. The highest BCUT2D eigenvalue weighted by Gasteiger charge is 2.44. The number of ether oxygens (including phenoxy) is 1. The van der Waals surface area contributed by atoms with Gasteiger partial charge in [-0.15, -0.1) is 0 Å². The molecule has 58 valence electrons. The molecule has 2 fully saturated rings. The molecule has 0 aromatic carbocycles. The van der Waals surface area contributed by atoms with Crippen LogP contribution in [0.2, 0.25) is 0 Å². The van der Waals surface area contributed by atoms with Gasteiger partial charge < -0.3 is 4.74 Å². The quantitative estimate of drug-likeness (QED) is 0.514. The molecule has 2 aliphatic rings. The number of rotatable bonds is 1. The first-order valence-corrected chi connectivity index (χ1v) is 5.35. The van der Waals surface area contributed by atoms with Gasteiger partial charge in [0.05, 0.1) is 12.2 Å². The molecule has 0 N–H and O–H groups in total. The summed E-state index contributed by atoms with van der Waals surface area (Å²) in [6.07, 6.45) is 5.18. The normalized spacial score (nSPS) is 52.2. The number of fused-ring (bicyclic) bond motifs is 2. The third-order valence-corrected chi connectivity index (χ3v) is 4.11. The van der Waals surface area contributed by atoms with Crippen LogP contribution in [0.15, 0.2) is 0 Å². The van der Waals surface area contributed by atoms with E-state index in [1.54, 1.807) is 0 Å². The Kier molecular flexibility index (Phi) is 1.93. The van der Waals surface area contributed by atoms with Crippen molar-refractivity contribution in [1.29, 1.82) is 0 Å². The van der Waals surface area contributed by atoms with Crippen LogP contribution in [0, 0.1) is 5.92 Å². The van der Waals surface area contributed by atoms with Crippen molar-refractivity contribution in [3.8, 4) is 0 Å². The zero-order valence-electron chi connectivity index (χ0n) is 6.22. The lowest BCUT2D eigenvalue weighted by Gasteiger charge is -2.19. The van der Waals surface area contributed by atoms with Gasteiger partial charge in [-0.2, -0.15) is 0 Å². The second kappa shape index (κ2) is 2.63. The molecule has 0 amide bonds. The van der Waals surface area contributed by atoms with Crippen molar-refractivity contribution >= 4 is 22.6 Å². The summed E-state index contributed by atoms with van der Waals surface area (Å²) in [5.41, 5.74) is 0. The van der Waals surface area contributed by atoms with Crippen LogP contribution in [-0.2, 0) is 4.74 Å². The first kappa shape index (κ1) is 7.35. The molecule has 0 saturated carbocycles. The lowest BCUT2D eigenvalue weighted by atomic mass is 9.87. The average Bonchev–Trinajstić information content (AvgIpc) is 2.44. The predicted octanol–water partition coefficient (Wildman–Crippen LogP) is 2.38. The van der Waals surface area contributed by atoms with E-state index < -0.39 is 0 Å². The van der Waals surface area contributed by atoms with E-state index in [9.17, 15) is 0 Å². The molecule has 0 aromatic rings. The van der Waals surface area contributed by atoms with Crippen molar-refractivity contribution in [2.75, 3.05) is 0 Å². The molecule has 0 spiro atoms. The molecule has 0 aromatic heterocycles. The Morgan fingerprint density at radius 3 is 2.60 bits per heavy atom. The molecular formula is C8H13IO. The van der Waals surface area contributed by atoms with E-state index in [2.05, 4.69) is 29.5 Å². The molecule has 0 radical (unpaired) electrons. The summed E-state index contributed by atoms with van der Waals surface area (Å²) in [6, 6.07) is 0. The summed E-state index contributed by atoms with van der Waals surface area (Å²) in [5.74, 6) is 0.885. The van der Waals surface area contributed by atoms with Crippen molar-refractivity contribution in [3.05, 3.63) is 0 Å². The van der Waals surface area contributed by atoms with E-state index in [0.717, 1.165) is 9.84 Å². The maximum atomic E-state index is 5.78. The topological polar surface area (TPSA) is 9.23 Å². The molecule has 0 aliphatic carbocycles. The van der Waals surface area contributed by atoms with Crippen molar-refractivity contribution in [1.82, 2.24) is 0 Å². The molecule has 4 atom stereocenters. The maximum absolute atomic E-state index is 5.78. The zero-order chi connectivity index (χ0) is 7.14. The fourth-order valence-electron chi connectivity index (χ4n) is 2.13. The van der Waals surface area contributed by atoms with Gasteiger partial charge in [0.2, 0.25) is 0 Å². The van der Waals surface area contributed by atoms with E-state index in [1.807, 2.05) is 0 Å². The van der Waals surface area contributed by atoms with Crippen LogP contribution in [0.5, 0.6) is 0 Å². The van der Waals surface area contributed by atoms with Crippen LogP contribution in [0.25, 0.3) is 0 Å². The highest BCUT2D eigenvalue weighted by Crippen LogP contribution is 2.43. The Hall–Kier alpha value is 0.690. The van der Waals surface area contributed by atoms with Crippen LogP contribution in [0.3, 0.4) is 0 Å². The zero-order valence-corrected chi connectivity index (χ0v) is 8.37. The number of halogens is 1. The fourth-order valence-corrected chi connectivity index (χ4v) is 3.09. The first-order valence-electron chi connectivity index (χ1n) is 4.10. The average molecular weight is 252 g/mol. The summed E-state index contributed by atoms with van der Waals surface area (Å²) < 4.78 is 6.59. The Morgan fingerprint density at radius 1 is 1.40 bits per heavy atom. The van der Waals surface area contributed by atoms with Gasteiger partial charge in [0, 0.05) is 3.92 Å². The lowest BCUT2D eigenvalue weighted by molar-refractivity contribution is 0.0932. The number of hydrogen-bond donors (Lipinski definition) is 0. The van der Waals surface area contributed by atoms with Gasteiger partial charge in [-0.05, 0) is 18.8 Å². The SMILES string of the molecule is CC[C@@H]1C[C@H]2O[C@@H]1C[C@H]2I. The third kappa shape index (κ3) is 0.998. The summed E-state index contributed by atoms with van der Waals surface area (Å²) in [5, 5.41) is 0. The molecule has 2 heterocycles. The molecular weight excluding hydrogens is 239 g/mol. The van der Waals surface area contributed by atoms with Gasteiger partial charge >= 0.3 is 0 Å². The second-order valence-electron chi connectivity index (χ2n) is 3.37. The highest BCUT2D eigenvalue weighted by atomic mass is 127. The van der Waals surface area contributed by atoms with Gasteiger partial charge in [-0.25, -0.2) is 0 Å². The van der Waals surface area contributed by atoms with Gasteiger partial charge in [0.25, 0.3) is 0 Å². The van der Waals surface area contributed by atoms with Crippen molar-refractivity contribution < 1.29 is 4.74 Å². The molecule has 2 bridgehead atoms. The molecule has 0 unspecified atom stereocenters. The maximum Gasteiger partial charge on any atom is 0.0701 e. The molecule has 10 heavy (non-hydrogen) atoms. The molecule has 2 heteroatoms. The molecule has 2 rings (SSSR count). The number of hydrogen-bond acceptors (Lipinski definition) is 1. The van der Waals surface area contributed by atoms with Crippen molar-refractivity contribution in [2.45, 2.75) is 42.3 Å². The van der Waals surface area contributed by atoms with Gasteiger partial charge in [-0.3, -0.25) is 0 Å². The molecule has 2 saturated heterocycles. The van der Waals surface area contributed by atoms with Crippen LogP contribution in [0.4, 0.5) is 0 Å². The van der Waals surface area contributed by atoms with Crippen molar-refractivity contribution in [2.24, 2.45) is 5.92 Å². The standard InChI is InChI=1S/C8H13IO/c1-2-5-3-8-6(9)4-7(5)10-8/h5-8H,2-4H2,1H3/t5-,6-,7-,8-/m1/s1. The van der Waals surface area contributed by atoms with E-state index in [4.69, 9.17) is 4.74 Å². The summed E-state index contributed by atoms with van der Waals surface area (Å²) >= 11 is 2.53. The largest absolute Gasteiger partial charge is 0.374 e. The van der Waals surface area contributed by atoms with Crippen LogP contribution < -0.4 is 0 Å². The van der Waals surface area contributed by atoms with Crippen LogP contribution >= 0.6 is 22.6 Å². The smallest absolute Gasteiger partial charge is 0.0701 e. The molecule has 1 nitrogen and oxygen atoms in total. The third-order valence-electron chi connectivity index (χ3n) is 2.80. The second-order valence-corrected chi connectivity index (χ2v) is 4.97. The summed E-state index contributed by atoms with van der Waals surface area (Å²) in [7, 11) is 0.